The molecule has 100 valence electrons. The number of carbonyl (C=O) groups excluding carboxylic acids is 1. The number of H-pyrrole nitrogens is 1. The first-order valence-corrected chi connectivity index (χ1v) is 5.96. The first-order chi connectivity index (χ1) is 8.63. The maximum absolute atomic E-state index is 11.1. The van der Waals surface area contributed by atoms with Gasteiger partial charge in [-0.2, -0.15) is 5.10 Å². The molecule has 0 saturated carbocycles. The monoisotopic (exact) mass is 278 g/mol. The van der Waals surface area contributed by atoms with Crippen LogP contribution in [0.15, 0.2) is 17.2 Å². The second kappa shape index (κ2) is 5.01. The minimum atomic E-state index is -0.0402. The van der Waals surface area contributed by atoms with Crippen molar-refractivity contribution < 1.29 is 4.79 Å². The van der Waals surface area contributed by atoms with Gasteiger partial charge in [-0.3, -0.25) is 4.79 Å². The van der Waals surface area contributed by atoms with Gasteiger partial charge in [0.15, 0.2) is 5.82 Å². The van der Waals surface area contributed by atoms with Gasteiger partial charge in [0.25, 0.3) is 0 Å². The van der Waals surface area contributed by atoms with Gasteiger partial charge in [-0.15, -0.1) is 12.4 Å². The summed E-state index contributed by atoms with van der Waals surface area (Å²) in [7, 11) is 0. The van der Waals surface area contributed by atoms with Crippen molar-refractivity contribution in [2.75, 3.05) is 0 Å². The van der Waals surface area contributed by atoms with Gasteiger partial charge in [0.05, 0.1) is 11.0 Å². The Morgan fingerprint density at radius 2 is 1.89 bits per heavy atom. The third kappa shape index (κ3) is 2.46. The fraction of sp³-hybridized carbons (Fsp3) is 0.308. The van der Waals surface area contributed by atoms with E-state index in [4.69, 9.17) is 0 Å². The Labute approximate surface area is 116 Å². The number of imidazole rings is 1. The third-order valence-electron chi connectivity index (χ3n) is 3.28. The number of aryl methyl sites for hydroxylation is 2. The highest BCUT2D eigenvalue weighted by Crippen LogP contribution is 2.18. The Kier molecular flexibility index (Phi) is 3.57. The molecule has 2 N–H and O–H groups in total. The molecule has 1 aliphatic heterocycles. The molecule has 1 aromatic heterocycles. The first kappa shape index (κ1) is 13.5. The van der Waals surface area contributed by atoms with Crippen LogP contribution >= 0.6 is 12.4 Å². The number of nitrogens with one attached hydrogen (secondary N) is 2. The predicted molar refractivity (Wildman–Crippen MR) is 76.7 cm³/mol. The summed E-state index contributed by atoms with van der Waals surface area (Å²) in [6, 6.07) is 4.15. The summed E-state index contributed by atoms with van der Waals surface area (Å²) in [5.74, 6) is 0.705. The molecule has 6 heteroatoms. The van der Waals surface area contributed by atoms with Crippen LogP contribution in [0.4, 0.5) is 0 Å². The van der Waals surface area contributed by atoms with E-state index in [2.05, 4.69) is 46.5 Å². The standard InChI is InChI=1S/C13H14N4O.ClH/c1-7-5-10-11(6-8(7)2)15-13(14-10)9-3-4-12(18)17-16-9;/h5-6H,3-4H2,1-2H3,(H,14,15)(H,17,18);1H. The second-order valence-electron chi connectivity index (χ2n) is 4.63. The number of rotatable bonds is 1. The zero-order valence-electron chi connectivity index (χ0n) is 10.8. The quantitative estimate of drug-likeness (QED) is 0.840. The van der Waals surface area contributed by atoms with E-state index in [1.807, 2.05) is 0 Å². The third-order valence-corrected chi connectivity index (χ3v) is 3.28. The summed E-state index contributed by atoms with van der Waals surface area (Å²) < 4.78 is 0. The van der Waals surface area contributed by atoms with E-state index in [1.165, 1.54) is 11.1 Å². The summed E-state index contributed by atoms with van der Waals surface area (Å²) in [5.41, 5.74) is 7.69. The summed E-state index contributed by atoms with van der Waals surface area (Å²) in [6.07, 6.45) is 1.09. The van der Waals surface area contributed by atoms with Crippen molar-refractivity contribution in [1.29, 1.82) is 0 Å². The van der Waals surface area contributed by atoms with Crippen LogP contribution in [-0.2, 0) is 4.79 Å². The number of aromatic amines is 1. The molecule has 0 spiro atoms. The molecule has 5 nitrogen and oxygen atoms in total. The van der Waals surface area contributed by atoms with Gasteiger partial charge in [-0.1, -0.05) is 0 Å². The molecule has 19 heavy (non-hydrogen) atoms. The highest BCUT2D eigenvalue weighted by molar-refractivity contribution is 6.03. The van der Waals surface area contributed by atoms with E-state index in [9.17, 15) is 4.79 Å². The fourth-order valence-electron chi connectivity index (χ4n) is 2.05. The van der Waals surface area contributed by atoms with Crippen LogP contribution in [0.5, 0.6) is 0 Å². The Hall–Kier alpha value is -1.88. The number of halogens is 1. The van der Waals surface area contributed by atoms with E-state index >= 15 is 0 Å². The van der Waals surface area contributed by atoms with Crippen molar-refractivity contribution in [3.63, 3.8) is 0 Å². The lowest BCUT2D eigenvalue weighted by molar-refractivity contribution is -0.121. The summed E-state index contributed by atoms with van der Waals surface area (Å²) in [4.78, 5) is 18.8. The van der Waals surface area contributed by atoms with E-state index in [0.717, 1.165) is 22.6 Å². The van der Waals surface area contributed by atoms with Crippen molar-refractivity contribution in [2.24, 2.45) is 5.10 Å². The van der Waals surface area contributed by atoms with Crippen LogP contribution in [0.25, 0.3) is 11.0 Å². The van der Waals surface area contributed by atoms with Crippen LogP contribution in [0.3, 0.4) is 0 Å². The van der Waals surface area contributed by atoms with Crippen molar-refractivity contribution in [2.45, 2.75) is 26.7 Å². The number of nitrogens with zero attached hydrogens (tertiary/aromatic N) is 2. The number of aromatic nitrogens is 2. The fourth-order valence-corrected chi connectivity index (χ4v) is 2.05. The van der Waals surface area contributed by atoms with E-state index in [-0.39, 0.29) is 18.3 Å². The van der Waals surface area contributed by atoms with E-state index in [1.54, 1.807) is 0 Å². The van der Waals surface area contributed by atoms with Crippen LogP contribution < -0.4 is 5.43 Å². The molecule has 0 aliphatic carbocycles. The maximum Gasteiger partial charge on any atom is 0.240 e. The number of amides is 1. The molecule has 1 amide bonds. The van der Waals surface area contributed by atoms with Gasteiger partial charge >= 0.3 is 0 Å². The molecular weight excluding hydrogens is 264 g/mol. The SMILES string of the molecule is Cc1cc2nc(C3=NNC(=O)CC3)[nH]c2cc1C.Cl. The number of hydrazone groups is 1. The van der Waals surface area contributed by atoms with Gasteiger partial charge in [0.2, 0.25) is 5.91 Å². The zero-order valence-corrected chi connectivity index (χ0v) is 11.6. The molecule has 3 rings (SSSR count). The van der Waals surface area contributed by atoms with Crippen molar-refractivity contribution in [3.05, 3.63) is 29.1 Å². The van der Waals surface area contributed by atoms with Crippen LogP contribution in [0.2, 0.25) is 0 Å². The summed E-state index contributed by atoms with van der Waals surface area (Å²) in [6.45, 7) is 4.15. The van der Waals surface area contributed by atoms with Crippen molar-refractivity contribution in [3.8, 4) is 0 Å². The zero-order chi connectivity index (χ0) is 12.7. The number of benzene rings is 1. The average Bonchev–Trinajstić information content (AvgIpc) is 2.73. The lowest BCUT2D eigenvalue weighted by Gasteiger charge is -2.08. The largest absolute Gasteiger partial charge is 0.337 e. The summed E-state index contributed by atoms with van der Waals surface area (Å²) in [5, 5.41) is 4.04. The number of carbonyl (C=O) groups is 1. The molecule has 0 bridgehead atoms. The molecule has 1 aromatic carbocycles. The minimum Gasteiger partial charge on any atom is -0.337 e. The van der Waals surface area contributed by atoms with Crippen LogP contribution in [0, 0.1) is 13.8 Å². The Bertz CT molecular complexity index is 636. The predicted octanol–water partition coefficient (Wildman–Crippen LogP) is 2.22. The van der Waals surface area contributed by atoms with Gasteiger partial charge in [-0.05, 0) is 37.1 Å². The Balaban J connectivity index is 0.00000133. The number of hydrogen-bond donors (Lipinski definition) is 2. The molecule has 0 atom stereocenters. The lowest BCUT2D eigenvalue weighted by Crippen LogP contribution is -2.26. The Morgan fingerprint density at radius 1 is 1.16 bits per heavy atom. The molecule has 0 saturated heterocycles. The average molecular weight is 279 g/mol. The maximum atomic E-state index is 11.1. The lowest BCUT2D eigenvalue weighted by atomic mass is 10.1. The van der Waals surface area contributed by atoms with E-state index in [0.29, 0.717) is 12.8 Å². The van der Waals surface area contributed by atoms with Gasteiger partial charge in [0, 0.05) is 12.8 Å². The first-order valence-electron chi connectivity index (χ1n) is 5.96. The van der Waals surface area contributed by atoms with Crippen molar-refractivity contribution in [1.82, 2.24) is 15.4 Å². The molecule has 0 fully saturated rings. The molecule has 0 unspecified atom stereocenters. The highest BCUT2D eigenvalue weighted by Gasteiger charge is 2.16. The Morgan fingerprint density at radius 3 is 2.58 bits per heavy atom. The number of hydrogen-bond acceptors (Lipinski definition) is 3. The molecular formula is C13H15ClN4O. The molecule has 2 aromatic rings. The molecule has 0 radical (unpaired) electrons. The van der Waals surface area contributed by atoms with E-state index < -0.39 is 0 Å². The molecule has 1 aliphatic rings. The normalized spacial score (nSPS) is 14.8. The topological polar surface area (TPSA) is 70.1 Å². The smallest absolute Gasteiger partial charge is 0.240 e. The van der Waals surface area contributed by atoms with Gasteiger partial charge in [-0.25, -0.2) is 10.4 Å². The van der Waals surface area contributed by atoms with Gasteiger partial charge < -0.3 is 4.98 Å². The van der Waals surface area contributed by atoms with Crippen LogP contribution in [-0.4, -0.2) is 21.6 Å². The van der Waals surface area contributed by atoms with Gasteiger partial charge in [0.1, 0.15) is 5.71 Å². The molecule has 2 heterocycles. The minimum absolute atomic E-state index is 0. The number of fused-ring (bicyclic) bond motifs is 1. The second-order valence-corrected chi connectivity index (χ2v) is 4.63. The summed E-state index contributed by atoms with van der Waals surface area (Å²) >= 11 is 0. The highest BCUT2D eigenvalue weighted by atomic mass is 35.5. The van der Waals surface area contributed by atoms with Crippen molar-refractivity contribution >= 4 is 35.1 Å². The van der Waals surface area contributed by atoms with Crippen LogP contribution in [0.1, 0.15) is 29.8 Å².